The van der Waals surface area contributed by atoms with Crippen molar-refractivity contribution in [3.63, 3.8) is 0 Å². The third-order valence-corrected chi connectivity index (χ3v) is 10.1. The molecule has 1 aromatic carbocycles. The number of quaternary nitrogens is 1. The monoisotopic (exact) mass is 752 g/mol. The molecule has 0 radical (unpaired) electrons. The van der Waals surface area contributed by atoms with E-state index in [1.54, 1.807) is 0 Å². The van der Waals surface area contributed by atoms with Crippen LogP contribution in [0, 0.1) is 0 Å². The summed E-state index contributed by atoms with van der Waals surface area (Å²) in [7, 11) is 6.86. The number of aryl methyl sites for hydroxylation is 1. The first-order valence-corrected chi connectivity index (χ1v) is 21.6. The molecule has 0 saturated carbocycles. The molecule has 1 aromatic rings. The van der Waals surface area contributed by atoms with Gasteiger partial charge in [-0.1, -0.05) is 187 Å². The lowest BCUT2D eigenvalue weighted by molar-refractivity contribution is -0.870. The molecule has 0 atom stereocenters. The number of hydrogen-bond donors (Lipinski definition) is 0. The van der Waals surface area contributed by atoms with Crippen LogP contribution >= 0.6 is 0 Å². The minimum Gasteiger partial charge on any atom is -1.00 e. The molecule has 0 aliphatic heterocycles. The van der Waals surface area contributed by atoms with Crippen LogP contribution in [0.4, 0.5) is 0 Å². The Labute approximate surface area is 318 Å². The van der Waals surface area contributed by atoms with Crippen LogP contribution in [-0.2, 0) is 6.42 Å². The summed E-state index contributed by atoms with van der Waals surface area (Å²) in [6.07, 6.45) is 42.4. The molecule has 0 aliphatic rings. The van der Waals surface area contributed by atoms with Crippen LogP contribution in [0.3, 0.4) is 0 Å². The fourth-order valence-electron chi connectivity index (χ4n) is 6.81. The number of hydrogen-bond acceptors (Lipinski definition) is 2. The Morgan fingerprint density at radius 3 is 1.12 bits per heavy atom. The highest BCUT2D eigenvalue weighted by molar-refractivity contribution is 5.43. The highest BCUT2D eigenvalue weighted by Gasteiger charge is 2.10. The van der Waals surface area contributed by atoms with Crippen molar-refractivity contribution in [1.82, 2.24) is 0 Å². The second-order valence-corrected chi connectivity index (χ2v) is 16.1. The fourth-order valence-corrected chi connectivity index (χ4v) is 6.81. The Bertz CT molecular complexity index is 808. The minimum absolute atomic E-state index is 0. The molecule has 4 heteroatoms. The van der Waals surface area contributed by atoms with Gasteiger partial charge >= 0.3 is 0 Å². The molecule has 0 heterocycles. The van der Waals surface area contributed by atoms with E-state index in [1.165, 1.54) is 192 Å². The quantitative estimate of drug-likeness (QED) is 0.0498. The van der Waals surface area contributed by atoms with Crippen LogP contribution in [0.1, 0.15) is 212 Å². The van der Waals surface area contributed by atoms with E-state index >= 15 is 0 Å². The first-order valence-electron chi connectivity index (χ1n) is 21.6. The third kappa shape index (κ3) is 32.9. The summed E-state index contributed by atoms with van der Waals surface area (Å²) in [6, 6.07) is 6.72. The molecule has 0 N–H and O–H groups in total. The van der Waals surface area contributed by atoms with Crippen molar-refractivity contribution < 1.29 is 30.9 Å². The summed E-state index contributed by atoms with van der Waals surface area (Å²) in [5.74, 6) is 1.92. The van der Waals surface area contributed by atoms with E-state index in [9.17, 15) is 0 Å². The van der Waals surface area contributed by atoms with Crippen molar-refractivity contribution in [2.24, 2.45) is 0 Å². The van der Waals surface area contributed by atoms with E-state index in [0.29, 0.717) is 0 Å². The second-order valence-electron chi connectivity index (χ2n) is 16.1. The van der Waals surface area contributed by atoms with Crippen molar-refractivity contribution in [1.29, 1.82) is 0 Å². The molecular formula is C45H86BrNO2. The van der Waals surface area contributed by atoms with Crippen LogP contribution < -0.4 is 26.5 Å². The Balaban J connectivity index is 0.0000230. The maximum absolute atomic E-state index is 6.39. The number of halogens is 1. The van der Waals surface area contributed by atoms with Crippen molar-refractivity contribution in [3.05, 3.63) is 23.8 Å². The van der Waals surface area contributed by atoms with Crippen molar-refractivity contribution in [3.8, 4) is 11.5 Å². The van der Waals surface area contributed by atoms with Crippen LogP contribution in [0.25, 0.3) is 0 Å². The largest absolute Gasteiger partial charge is 1.00 e. The number of nitrogens with zero attached hydrogens (tertiary/aromatic N) is 1. The molecule has 0 spiro atoms. The van der Waals surface area contributed by atoms with Gasteiger partial charge in [0.1, 0.15) is 0 Å². The second kappa shape index (κ2) is 35.7. The van der Waals surface area contributed by atoms with Crippen molar-refractivity contribution in [2.75, 3.05) is 40.9 Å². The third-order valence-electron chi connectivity index (χ3n) is 10.1. The van der Waals surface area contributed by atoms with Gasteiger partial charge in [0.25, 0.3) is 0 Å². The molecule has 0 aliphatic carbocycles. The summed E-state index contributed by atoms with van der Waals surface area (Å²) >= 11 is 0. The molecule has 0 saturated heterocycles. The summed E-state index contributed by atoms with van der Waals surface area (Å²) < 4.78 is 13.8. The number of unbranched alkanes of at least 4 members (excludes halogenated alkanes) is 27. The predicted octanol–water partition coefficient (Wildman–Crippen LogP) is 11.4. The molecular weight excluding hydrogens is 666 g/mol. The molecule has 0 unspecified atom stereocenters. The van der Waals surface area contributed by atoms with Crippen molar-refractivity contribution >= 4 is 0 Å². The minimum atomic E-state index is 0. The topological polar surface area (TPSA) is 18.5 Å². The lowest BCUT2D eigenvalue weighted by atomic mass is 10.0. The van der Waals surface area contributed by atoms with E-state index < -0.39 is 0 Å². The summed E-state index contributed by atoms with van der Waals surface area (Å²) in [5, 5.41) is 0. The first kappa shape index (κ1) is 48.3. The summed E-state index contributed by atoms with van der Waals surface area (Å²) in [4.78, 5) is 0. The van der Waals surface area contributed by atoms with Gasteiger partial charge in [0.05, 0.1) is 40.9 Å². The van der Waals surface area contributed by atoms with Gasteiger partial charge in [-0.25, -0.2) is 0 Å². The van der Waals surface area contributed by atoms with E-state index in [1.807, 2.05) is 0 Å². The van der Waals surface area contributed by atoms with Gasteiger partial charge in [-0.15, -0.1) is 0 Å². The molecule has 1 rings (SSSR count). The van der Waals surface area contributed by atoms with E-state index in [-0.39, 0.29) is 17.0 Å². The molecule has 0 fully saturated rings. The standard InChI is InChI=1S/C45H86NO2.BrH/c1-6-8-10-12-14-16-18-20-22-24-26-28-30-34-40-47-44-38-37-43(36-32-33-39-46(3,4)5)42-45(44)48-41-35-31-29-27-25-23-21-19-17-15-13-11-9-7-2;/h37-38,42H,6-36,39-41H2,1-5H3;1H/q+1;/p-1. The van der Waals surface area contributed by atoms with Gasteiger partial charge in [0.2, 0.25) is 0 Å². The molecule has 0 aromatic heterocycles. The highest BCUT2D eigenvalue weighted by Crippen LogP contribution is 2.30. The van der Waals surface area contributed by atoms with Crippen LogP contribution in [0.2, 0.25) is 0 Å². The number of benzene rings is 1. The van der Waals surface area contributed by atoms with Gasteiger partial charge in [0, 0.05) is 0 Å². The molecule has 290 valence electrons. The Kier molecular flexibility index (Phi) is 35.1. The number of rotatable bonds is 37. The zero-order chi connectivity index (χ0) is 34.8. The lowest BCUT2D eigenvalue weighted by Crippen LogP contribution is -3.00. The van der Waals surface area contributed by atoms with Gasteiger partial charge < -0.3 is 30.9 Å². The Morgan fingerprint density at radius 2 is 0.755 bits per heavy atom. The maximum atomic E-state index is 6.39. The highest BCUT2D eigenvalue weighted by atomic mass is 79.9. The van der Waals surface area contributed by atoms with Crippen LogP contribution in [0.5, 0.6) is 11.5 Å². The number of ether oxygens (including phenoxy) is 2. The zero-order valence-corrected chi connectivity index (χ0v) is 35.5. The summed E-state index contributed by atoms with van der Waals surface area (Å²) in [5.41, 5.74) is 1.39. The summed E-state index contributed by atoms with van der Waals surface area (Å²) in [6.45, 7) is 7.43. The maximum Gasteiger partial charge on any atom is 0.161 e. The Hall–Kier alpha value is -0.740. The molecule has 49 heavy (non-hydrogen) atoms. The van der Waals surface area contributed by atoms with Crippen LogP contribution in [0.15, 0.2) is 18.2 Å². The van der Waals surface area contributed by atoms with E-state index in [2.05, 4.69) is 53.2 Å². The average Bonchev–Trinajstić information content (AvgIpc) is 3.07. The average molecular weight is 753 g/mol. The van der Waals surface area contributed by atoms with Crippen LogP contribution in [-0.4, -0.2) is 45.4 Å². The molecule has 0 amide bonds. The molecule has 3 nitrogen and oxygen atoms in total. The zero-order valence-electron chi connectivity index (χ0n) is 33.9. The Morgan fingerprint density at radius 1 is 0.408 bits per heavy atom. The normalized spacial score (nSPS) is 11.5. The van der Waals surface area contributed by atoms with Gasteiger partial charge in [-0.2, -0.15) is 0 Å². The fraction of sp³-hybridized carbons (Fsp3) is 0.867. The van der Waals surface area contributed by atoms with Crippen molar-refractivity contribution in [2.45, 2.75) is 213 Å². The van der Waals surface area contributed by atoms with Gasteiger partial charge in [-0.3, -0.25) is 0 Å². The predicted molar refractivity (Wildman–Crippen MR) is 214 cm³/mol. The lowest BCUT2D eigenvalue weighted by Gasteiger charge is -2.23. The first-order chi connectivity index (χ1) is 23.5. The molecule has 0 bridgehead atoms. The smallest absolute Gasteiger partial charge is 0.161 e. The van der Waals surface area contributed by atoms with E-state index in [4.69, 9.17) is 9.47 Å². The van der Waals surface area contributed by atoms with Gasteiger partial charge in [0.15, 0.2) is 11.5 Å². The SMILES string of the molecule is CCCCCCCCCCCCCCCCOc1ccc(CCCC[N+](C)(C)C)cc1OCCCCCCCCCCCCCCCC.[Br-]. The van der Waals surface area contributed by atoms with Gasteiger partial charge in [-0.05, 0) is 49.8 Å². The van der Waals surface area contributed by atoms with E-state index in [0.717, 1.165) is 48.5 Å².